The third-order valence-electron chi connectivity index (χ3n) is 0.876. The van der Waals surface area contributed by atoms with Crippen molar-refractivity contribution in [3.63, 3.8) is 0 Å². The molecule has 1 heterocycles. The van der Waals surface area contributed by atoms with E-state index >= 15 is 0 Å². The highest BCUT2D eigenvalue weighted by atomic mass is 35.5. The van der Waals surface area contributed by atoms with Crippen molar-refractivity contribution in [1.29, 1.82) is 0 Å². The summed E-state index contributed by atoms with van der Waals surface area (Å²) in [4.78, 5) is 6.71. The van der Waals surface area contributed by atoms with Crippen molar-refractivity contribution in [2.75, 3.05) is 6.26 Å². The van der Waals surface area contributed by atoms with Gasteiger partial charge in [0.15, 0.2) is 0 Å². The molecule has 0 bridgehead atoms. The lowest BCUT2D eigenvalue weighted by atomic mass is 10.7. The number of hydrogen-bond donors (Lipinski definition) is 0. The van der Waals surface area contributed by atoms with Gasteiger partial charge in [-0.05, 0) is 6.26 Å². The Balaban J connectivity index is 3.09. The quantitative estimate of drug-likeness (QED) is 0.374. The highest BCUT2D eigenvalue weighted by Gasteiger charge is 2.01. The van der Waals surface area contributed by atoms with Gasteiger partial charge in [-0.2, -0.15) is 9.37 Å². The highest BCUT2D eigenvalue weighted by Crippen LogP contribution is 2.20. The molecule has 0 unspecified atom stereocenters. The van der Waals surface area contributed by atoms with E-state index in [0.29, 0.717) is 10.0 Å². The molecule has 0 spiro atoms. The first kappa shape index (κ1) is 7.75. The van der Waals surface area contributed by atoms with Crippen LogP contribution in [0.2, 0.25) is 5.02 Å². The van der Waals surface area contributed by atoms with E-state index < -0.39 is 6.08 Å². The van der Waals surface area contributed by atoms with Crippen LogP contribution in [0, 0.1) is 6.08 Å². The summed E-state index contributed by atoms with van der Waals surface area (Å²) in [6.45, 7) is 0. The Labute approximate surface area is 66.8 Å². The molecule has 0 aliphatic rings. The van der Waals surface area contributed by atoms with E-state index in [2.05, 4.69) is 9.97 Å². The summed E-state index contributed by atoms with van der Waals surface area (Å²) in [6.07, 6.45) is 2.28. The lowest BCUT2D eigenvalue weighted by Crippen LogP contribution is -1.89. The Bertz CT molecular complexity index is 243. The normalized spacial score (nSPS) is 9.90. The molecular weight excluding hydrogens is 175 g/mol. The van der Waals surface area contributed by atoms with E-state index in [-0.39, 0.29) is 0 Å². The molecular formula is C5H4ClFN2S. The van der Waals surface area contributed by atoms with Crippen molar-refractivity contribution in [2.45, 2.75) is 5.03 Å². The Morgan fingerprint density at radius 1 is 1.70 bits per heavy atom. The zero-order chi connectivity index (χ0) is 7.56. The van der Waals surface area contributed by atoms with E-state index in [1.54, 1.807) is 6.26 Å². The van der Waals surface area contributed by atoms with Gasteiger partial charge in [0.1, 0.15) is 5.03 Å². The predicted octanol–water partition coefficient (Wildman–Crippen LogP) is 1.99. The molecule has 0 atom stereocenters. The van der Waals surface area contributed by atoms with Gasteiger partial charge in [-0.15, -0.1) is 11.8 Å². The summed E-state index contributed by atoms with van der Waals surface area (Å²) >= 11 is 6.87. The van der Waals surface area contributed by atoms with Crippen LogP contribution in [0.3, 0.4) is 0 Å². The molecule has 0 aliphatic heterocycles. The maximum Gasteiger partial charge on any atom is 0.309 e. The molecule has 0 radical (unpaired) electrons. The molecule has 1 aromatic rings. The van der Waals surface area contributed by atoms with Gasteiger partial charge in [-0.1, -0.05) is 11.6 Å². The van der Waals surface area contributed by atoms with Crippen LogP contribution in [-0.4, -0.2) is 16.2 Å². The number of nitrogens with zero attached hydrogens (tertiary/aromatic N) is 2. The average Bonchev–Trinajstić information content (AvgIpc) is 1.94. The van der Waals surface area contributed by atoms with Gasteiger partial charge in [0.05, 0.1) is 11.2 Å². The molecule has 0 aliphatic carbocycles. The molecule has 1 rings (SSSR count). The average molecular weight is 179 g/mol. The van der Waals surface area contributed by atoms with Crippen LogP contribution in [0.15, 0.2) is 11.2 Å². The highest BCUT2D eigenvalue weighted by molar-refractivity contribution is 7.98. The summed E-state index contributed by atoms with van der Waals surface area (Å²) in [7, 11) is 0. The first-order valence-corrected chi connectivity index (χ1v) is 4.06. The minimum atomic E-state index is -0.742. The predicted molar refractivity (Wildman–Crippen MR) is 38.8 cm³/mol. The minimum Gasteiger partial charge on any atom is -0.209 e. The van der Waals surface area contributed by atoms with Crippen LogP contribution in [-0.2, 0) is 0 Å². The zero-order valence-corrected chi connectivity index (χ0v) is 6.71. The summed E-state index contributed by atoms with van der Waals surface area (Å²) < 4.78 is 12.2. The molecule has 10 heavy (non-hydrogen) atoms. The van der Waals surface area contributed by atoms with Crippen LogP contribution in [0.1, 0.15) is 0 Å². The number of aromatic nitrogens is 2. The van der Waals surface area contributed by atoms with Crippen molar-refractivity contribution in [3.05, 3.63) is 17.3 Å². The molecule has 0 N–H and O–H groups in total. The fourth-order valence-electron chi connectivity index (χ4n) is 0.474. The fourth-order valence-corrected chi connectivity index (χ4v) is 1.21. The lowest BCUT2D eigenvalue weighted by Gasteiger charge is -1.95. The zero-order valence-electron chi connectivity index (χ0n) is 5.14. The van der Waals surface area contributed by atoms with Crippen LogP contribution in [0.4, 0.5) is 4.39 Å². The summed E-state index contributed by atoms with van der Waals surface area (Å²) in [5.41, 5.74) is 0. The molecule has 2 nitrogen and oxygen atoms in total. The van der Waals surface area contributed by atoms with Gasteiger partial charge < -0.3 is 0 Å². The molecule has 0 saturated carbocycles. The van der Waals surface area contributed by atoms with Crippen LogP contribution < -0.4 is 0 Å². The van der Waals surface area contributed by atoms with E-state index in [1.165, 1.54) is 18.0 Å². The molecule has 0 saturated heterocycles. The van der Waals surface area contributed by atoms with Crippen LogP contribution >= 0.6 is 23.4 Å². The number of hydrogen-bond acceptors (Lipinski definition) is 3. The Kier molecular flexibility index (Phi) is 2.45. The maximum absolute atomic E-state index is 12.2. The van der Waals surface area contributed by atoms with Crippen molar-refractivity contribution in [1.82, 2.24) is 9.97 Å². The van der Waals surface area contributed by atoms with E-state index in [4.69, 9.17) is 11.6 Å². The molecule has 54 valence electrons. The van der Waals surface area contributed by atoms with Gasteiger partial charge in [0.2, 0.25) is 0 Å². The van der Waals surface area contributed by atoms with E-state index in [1.807, 2.05) is 0 Å². The molecule has 5 heteroatoms. The minimum absolute atomic E-state index is 0.383. The van der Waals surface area contributed by atoms with E-state index in [0.717, 1.165) is 0 Å². The summed E-state index contributed by atoms with van der Waals surface area (Å²) in [6, 6.07) is 0. The molecule has 1 aromatic heterocycles. The fraction of sp³-hybridized carbons (Fsp3) is 0.200. The number of thioether (sulfide) groups is 1. The Morgan fingerprint density at radius 2 is 2.40 bits per heavy atom. The number of halogens is 2. The smallest absolute Gasteiger partial charge is 0.209 e. The van der Waals surface area contributed by atoms with Crippen molar-refractivity contribution in [3.8, 4) is 0 Å². The second-order valence-corrected chi connectivity index (χ2v) is 2.70. The largest absolute Gasteiger partial charge is 0.309 e. The topological polar surface area (TPSA) is 25.8 Å². The molecule has 0 amide bonds. The summed E-state index contributed by atoms with van der Waals surface area (Å²) in [5, 5.41) is 0.850. The monoisotopic (exact) mass is 178 g/mol. The van der Waals surface area contributed by atoms with Crippen molar-refractivity contribution in [2.24, 2.45) is 0 Å². The second kappa shape index (κ2) is 3.16. The third-order valence-corrected chi connectivity index (χ3v) is 1.96. The van der Waals surface area contributed by atoms with Gasteiger partial charge in [-0.3, -0.25) is 0 Å². The van der Waals surface area contributed by atoms with Gasteiger partial charge in [0, 0.05) is 0 Å². The summed E-state index contributed by atoms with van der Waals surface area (Å²) in [5.74, 6) is 0. The number of rotatable bonds is 1. The SMILES string of the molecule is CSc1nc(F)ncc1Cl. The first-order valence-electron chi connectivity index (χ1n) is 2.46. The van der Waals surface area contributed by atoms with Gasteiger partial charge >= 0.3 is 6.08 Å². The van der Waals surface area contributed by atoms with Gasteiger partial charge in [0.25, 0.3) is 0 Å². The first-order chi connectivity index (χ1) is 4.74. The Hall–Kier alpha value is -0.350. The van der Waals surface area contributed by atoms with Crippen molar-refractivity contribution >= 4 is 23.4 Å². The maximum atomic E-state index is 12.2. The molecule has 0 aromatic carbocycles. The third kappa shape index (κ3) is 1.58. The van der Waals surface area contributed by atoms with Gasteiger partial charge in [-0.25, -0.2) is 4.98 Å². The Morgan fingerprint density at radius 3 is 2.90 bits per heavy atom. The lowest BCUT2D eigenvalue weighted by molar-refractivity contribution is 0.527. The second-order valence-electron chi connectivity index (χ2n) is 1.50. The van der Waals surface area contributed by atoms with Crippen LogP contribution in [0.25, 0.3) is 0 Å². The molecule has 0 fully saturated rings. The standard InChI is InChI=1S/C5H4ClFN2S/c1-10-4-3(6)2-8-5(7)9-4/h2H,1H3. The van der Waals surface area contributed by atoms with Crippen molar-refractivity contribution < 1.29 is 4.39 Å². The van der Waals surface area contributed by atoms with Crippen LogP contribution in [0.5, 0.6) is 0 Å². The van der Waals surface area contributed by atoms with E-state index in [9.17, 15) is 4.39 Å².